The highest BCUT2D eigenvalue weighted by atomic mass is 79.9. The molecule has 0 aliphatic carbocycles. The predicted molar refractivity (Wildman–Crippen MR) is 112 cm³/mol. The topological polar surface area (TPSA) is 44.8 Å². The molecular weight excluding hydrogens is 406 g/mol. The maximum atomic E-state index is 12.6. The molecule has 0 aromatic heterocycles. The Balaban J connectivity index is 1.74. The van der Waals surface area contributed by atoms with E-state index in [0.29, 0.717) is 12.1 Å². The molecule has 1 aliphatic rings. The van der Waals surface area contributed by atoms with Crippen molar-refractivity contribution < 1.29 is 9.53 Å². The summed E-state index contributed by atoms with van der Waals surface area (Å²) in [6.07, 6.45) is 0. The van der Waals surface area contributed by atoms with Gasteiger partial charge < -0.3 is 15.0 Å². The van der Waals surface area contributed by atoms with Gasteiger partial charge in [0.25, 0.3) is 5.91 Å². The third-order valence-corrected chi connectivity index (χ3v) is 5.32. The molecule has 1 amide bonds. The fourth-order valence-electron chi connectivity index (χ4n) is 3.26. The van der Waals surface area contributed by atoms with E-state index in [1.807, 2.05) is 38.4 Å². The Hall–Kier alpha value is -1.89. The van der Waals surface area contributed by atoms with Crippen molar-refractivity contribution in [1.29, 1.82) is 0 Å². The number of benzene rings is 2. The van der Waals surface area contributed by atoms with Crippen LogP contribution in [0.25, 0.3) is 0 Å². The lowest BCUT2D eigenvalue weighted by Crippen LogP contribution is -2.43. The van der Waals surface area contributed by atoms with Crippen LogP contribution in [0, 0.1) is 0 Å². The highest BCUT2D eigenvalue weighted by Gasteiger charge is 2.23. The van der Waals surface area contributed by atoms with Crippen molar-refractivity contribution in [2.75, 3.05) is 51.8 Å². The number of anilines is 1. The van der Waals surface area contributed by atoms with Gasteiger partial charge >= 0.3 is 0 Å². The minimum absolute atomic E-state index is 0.0560. The molecule has 144 valence electrons. The van der Waals surface area contributed by atoms with Crippen LogP contribution in [-0.2, 0) is 4.74 Å². The summed E-state index contributed by atoms with van der Waals surface area (Å²) in [5, 5.41) is 3.11. The fraction of sp³-hybridized carbons (Fsp3) is 0.381. The molecule has 1 atom stereocenters. The highest BCUT2D eigenvalue weighted by Crippen LogP contribution is 2.24. The smallest absolute Gasteiger partial charge is 0.251 e. The molecule has 27 heavy (non-hydrogen) atoms. The third kappa shape index (κ3) is 5.31. The lowest BCUT2D eigenvalue weighted by atomic mass is 10.0. The van der Waals surface area contributed by atoms with Crippen LogP contribution in [0.4, 0.5) is 5.69 Å². The normalized spacial score (nSPS) is 16.0. The van der Waals surface area contributed by atoms with Crippen LogP contribution in [0.1, 0.15) is 22.0 Å². The van der Waals surface area contributed by atoms with E-state index in [9.17, 15) is 4.79 Å². The number of nitrogens with one attached hydrogen (secondary N) is 1. The van der Waals surface area contributed by atoms with Gasteiger partial charge in [0.2, 0.25) is 0 Å². The van der Waals surface area contributed by atoms with E-state index in [2.05, 4.69) is 55.3 Å². The van der Waals surface area contributed by atoms with Gasteiger partial charge in [-0.3, -0.25) is 9.69 Å². The Morgan fingerprint density at radius 3 is 2.52 bits per heavy atom. The van der Waals surface area contributed by atoms with E-state index in [4.69, 9.17) is 4.74 Å². The quantitative estimate of drug-likeness (QED) is 0.761. The van der Waals surface area contributed by atoms with Gasteiger partial charge in [-0.2, -0.15) is 0 Å². The van der Waals surface area contributed by atoms with Crippen molar-refractivity contribution in [2.24, 2.45) is 0 Å². The minimum Gasteiger partial charge on any atom is -0.379 e. The van der Waals surface area contributed by atoms with E-state index in [-0.39, 0.29) is 11.9 Å². The van der Waals surface area contributed by atoms with Gasteiger partial charge in [0.1, 0.15) is 0 Å². The Kier molecular flexibility index (Phi) is 6.88. The first-order valence-corrected chi connectivity index (χ1v) is 9.97. The van der Waals surface area contributed by atoms with E-state index in [1.54, 1.807) is 0 Å². The molecule has 1 fully saturated rings. The second-order valence-electron chi connectivity index (χ2n) is 6.87. The lowest BCUT2D eigenvalue weighted by molar-refractivity contribution is 0.0162. The van der Waals surface area contributed by atoms with Gasteiger partial charge in [0.15, 0.2) is 0 Å². The first-order valence-electron chi connectivity index (χ1n) is 9.17. The van der Waals surface area contributed by atoms with Crippen LogP contribution in [-0.4, -0.2) is 57.8 Å². The van der Waals surface area contributed by atoms with E-state index in [0.717, 1.165) is 36.5 Å². The van der Waals surface area contributed by atoms with Crippen molar-refractivity contribution >= 4 is 27.5 Å². The largest absolute Gasteiger partial charge is 0.379 e. The molecule has 0 saturated carbocycles. The molecule has 0 bridgehead atoms. The summed E-state index contributed by atoms with van der Waals surface area (Å²) in [6, 6.07) is 16.1. The number of hydrogen-bond donors (Lipinski definition) is 1. The zero-order valence-electron chi connectivity index (χ0n) is 15.8. The van der Waals surface area contributed by atoms with Crippen molar-refractivity contribution in [2.45, 2.75) is 6.04 Å². The average molecular weight is 432 g/mol. The van der Waals surface area contributed by atoms with Crippen molar-refractivity contribution in [3.63, 3.8) is 0 Å². The number of rotatable bonds is 6. The van der Waals surface area contributed by atoms with Crippen LogP contribution in [0.3, 0.4) is 0 Å². The molecule has 1 aliphatic heterocycles. The van der Waals surface area contributed by atoms with Gasteiger partial charge in [0, 0.05) is 49.5 Å². The molecule has 1 N–H and O–H groups in total. The number of carbonyl (C=O) groups is 1. The second-order valence-corrected chi connectivity index (χ2v) is 7.79. The van der Waals surface area contributed by atoms with Crippen molar-refractivity contribution in [1.82, 2.24) is 10.2 Å². The Morgan fingerprint density at radius 2 is 1.89 bits per heavy atom. The highest BCUT2D eigenvalue weighted by molar-refractivity contribution is 9.10. The SMILES string of the molecule is CN(C)c1ccc([C@@H](CNC(=O)c2cccc(Br)c2)N2CCOCC2)cc1. The maximum Gasteiger partial charge on any atom is 0.251 e. The van der Waals surface area contributed by atoms with Crippen LogP contribution in [0.15, 0.2) is 53.0 Å². The van der Waals surface area contributed by atoms with Gasteiger partial charge in [-0.25, -0.2) is 0 Å². The Bertz CT molecular complexity index is 758. The molecule has 3 rings (SSSR count). The first-order chi connectivity index (χ1) is 13.0. The first kappa shape index (κ1) is 19.9. The summed E-state index contributed by atoms with van der Waals surface area (Å²) in [4.78, 5) is 17.0. The van der Waals surface area contributed by atoms with Gasteiger partial charge in [0.05, 0.1) is 19.3 Å². The molecule has 0 unspecified atom stereocenters. The van der Waals surface area contributed by atoms with Crippen LogP contribution >= 0.6 is 15.9 Å². The van der Waals surface area contributed by atoms with Crippen molar-refractivity contribution in [3.05, 3.63) is 64.1 Å². The molecule has 2 aromatic carbocycles. The molecule has 0 radical (unpaired) electrons. The number of hydrogen-bond acceptors (Lipinski definition) is 4. The number of nitrogens with zero attached hydrogens (tertiary/aromatic N) is 2. The number of amides is 1. The number of morpholine rings is 1. The monoisotopic (exact) mass is 431 g/mol. The molecule has 0 spiro atoms. The van der Waals surface area contributed by atoms with Gasteiger partial charge in [-0.15, -0.1) is 0 Å². The summed E-state index contributed by atoms with van der Waals surface area (Å²) in [7, 11) is 4.07. The zero-order chi connectivity index (χ0) is 19.2. The second kappa shape index (κ2) is 9.35. The summed E-state index contributed by atoms with van der Waals surface area (Å²) in [5.74, 6) is -0.0560. The van der Waals surface area contributed by atoms with E-state index < -0.39 is 0 Å². The van der Waals surface area contributed by atoms with Crippen LogP contribution in [0.2, 0.25) is 0 Å². The molecule has 6 heteroatoms. The molecule has 1 saturated heterocycles. The number of halogens is 1. The zero-order valence-corrected chi connectivity index (χ0v) is 17.4. The predicted octanol–water partition coefficient (Wildman–Crippen LogP) is 3.32. The molecular formula is C21H26BrN3O2. The van der Waals surface area contributed by atoms with Crippen molar-refractivity contribution in [3.8, 4) is 0 Å². The third-order valence-electron chi connectivity index (χ3n) is 4.82. The van der Waals surface area contributed by atoms with Crippen LogP contribution < -0.4 is 10.2 Å². The maximum absolute atomic E-state index is 12.6. The summed E-state index contributed by atoms with van der Waals surface area (Å²) in [5.41, 5.74) is 3.03. The van der Waals surface area contributed by atoms with E-state index in [1.165, 1.54) is 5.56 Å². The van der Waals surface area contributed by atoms with E-state index >= 15 is 0 Å². The fourth-order valence-corrected chi connectivity index (χ4v) is 3.66. The standard InChI is InChI=1S/C21H26BrN3O2/c1-24(2)19-8-6-16(7-9-19)20(25-10-12-27-13-11-25)15-23-21(26)17-4-3-5-18(22)14-17/h3-9,14,20H,10-13,15H2,1-2H3,(H,23,26)/t20-/m1/s1. The summed E-state index contributed by atoms with van der Waals surface area (Å²) in [6.45, 7) is 3.75. The number of ether oxygens (including phenoxy) is 1. The molecule has 1 heterocycles. The summed E-state index contributed by atoms with van der Waals surface area (Å²) >= 11 is 3.42. The average Bonchev–Trinajstić information content (AvgIpc) is 2.69. The lowest BCUT2D eigenvalue weighted by Gasteiger charge is -2.35. The Labute approximate surface area is 169 Å². The van der Waals surface area contributed by atoms with Gasteiger partial charge in [-0.1, -0.05) is 34.1 Å². The number of carbonyl (C=O) groups excluding carboxylic acids is 1. The molecule has 5 nitrogen and oxygen atoms in total. The molecule has 2 aromatic rings. The van der Waals surface area contributed by atoms with Crippen LogP contribution in [0.5, 0.6) is 0 Å². The minimum atomic E-state index is -0.0560. The van der Waals surface area contributed by atoms with Gasteiger partial charge in [-0.05, 0) is 35.9 Å². The Morgan fingerprint density at radius 1 is 1.19 bits per heavy atom. The summed E-state index contributed by atoms with van der Waals surface area (Å²) < 4.78 is 6.41.